The number of benzene rings is 1. The third kappa shape index (κ3) is 6.64. The lowest BCUT2D eigenvalue weighted by atomic mass is 10.0. The number of aryl methyl sites for hydroxylation is 1. The van der Waals surface area contributed by atoms with Gasteiger partial charge in [0.15, 0.2) is 0 Å². The third-order valence-corrected chi connectivity index (χ3v) is 5.48. The average Bonchev–Trinajstić information content (AvgIpc) is 3.42. The second-order valence-corrected chi connectivity index (χ2v) is 8.15. The number of halogens is 3. The normalized spacial score (nSPS) is 16.1. The van der Waals surface area contributed by atoms with Crippen molar-refractivity contribution in [2.75, 3.05) is 13.1 Å². The van der Waals surface area contributed by atoms with E-state index in [2.05, 4.69) is 50.8 Å². The molecule has 0 spiro atoms. The predicted molar refractivity (Wildman–Crippen MR) is 117 cm³/mol. The van der Waals surface area contributed by atoms with Crippen LogP contribution in [-0.4, -0.2) is 65.1 Å². The summed E-state index contributed by atoms with van der Waals surface area (Å²) in [6.07, 6.45) is 0.411. The fraction of sp³-hybridized carbons (Fsp3) is 0.455. The molecule has 1 aliphatic rings. The van der Waals surface area contributed by atoms with Gasteiger partial charge in [-0.25, -0.2) is 9.48 Å². The van der Waals surface area contributed by atoms with E-state index in [1.807, 2.05) is 28.7 Å². The first-order valence-electron chi connectivity index (χ1n) is 10.7. The molecule has 1 aliphatic heterocycles. The summed E-state index contributed by atoms with van der Waals surface area (Å²) in [4.78, 5) is 11.4. The van der Waals surface area contributed by atoms with E-state index in [1.165, 1.54) is 5.56 Å². The van der Waals surface area contributed by atoms with E-state index in [0.717, 1.165) is 43.7 Å². The van der Waals surface area contributed by atoms with Gasteiger partial charge in [-0.1, -0.05) is 35.5 Å². The zero-order chi connectivity index (χ0) is 24.9. The highest BCUT2D eigenvalue weighted by atomic mass is 19.4. The molecule has 1 atom stereocenters. The molecule has 0 aliphatic carbocycles. The van der Waals surface area contributed by atoms with Gasteiger partial charge in [-0.2, -0.15) is 18.3 Å². The van der Waals surface area contributed by atoms with Crippen molar-refractivity contribution < 1.29 is 28.2 Å². The van der Waals surface area contributed by atoms with Crippen LogP contribution in [0.4, 0.5) is 13.2 Å². The summed E-state index contributed by atoms with van der Waals surface area (Å²) >= 11 is 0. The Morgan fingerprint density at radius 1 is 1.18 bits per heavy atom. The van der Waals surface area contributed by atoms with E-state index in [1.54, 1.807) is 6.92 Å². The molecule has 1 saturated heterocycles. The largest absolute Gasteiger partial charge is 0.490 e. The molecule has 9 nitrogen and oxygen atoms in total. The van der Waals surface area contributed by atoms with Gasteiger partial charge in [-0.15, -0.1) is 5.10 Å². The zero-order valence-corrected chi connectivity index (χ0v) is 18.9. The molecular weight excluding hydrogens is 453 g/mol. The first-order chi connectivity index (χ1) is 16.0. The molecule has 0 amide bonds. The highest BCUT2D eigenvalue weighted by Gasteiger charge is 2.38. The number of likely N-dealkylation sites (tertiary alicyclic amines) is 1. The highest BCUT2D eigenvalue weighted by molar-refractivity contribution is 5.73. The molecule has 1 fully saturated rings. The number of nitrogens with zero attached hydrogens (tertiary/aromatic N) is 6. The van der Waals surface area contributed by atoms with Crippen LogP contribution < -0.4 is 0 Å². The number of alkyl halides is 3. The second-order valence-electron chi connectivity index (χ2n) is 8.15. The monoisotopic (exact) mass is 480 g/mol. The molecule has 0 radical (unpaired) electrons. The van der Waals surface area contributed by atoms with Crippen LogP contribution in [0.25, 0.3) is 11.3 Å². The Labute approximate surface area is 194 Å². The van der Waals surface area contributed by atoms with Crippen LogP contribution in [0.1, 0.15) is 43.2 Å². The number of carboxylic acids is 1. The topological polar surface area (TPSA) is 109 Å². The van der Waals surface area contributed by atoms with Gasteiger partial charge in [-0.3, -0.25) is 9.58 Å². The summed E-state index contributed by atoms with van der Waals surface area (Å²) in [7, 11) is 1.98. The maximum absolute atomic E-state index is 10.6. The molecule has 2 N–H and O–H groups in total. The number of carboxylic acid groups (broad SMARTS) is 1. The van der Waals surface area contributed by atoms with Gasteiger partial charge in [0.2, 0.25) is 0 Å². The molecule has 3 aromatic rings. The Hall–Kier alpha value is -3.25. The number of carbonyl (C=O) groups is 1. The summed E-state index contributed by atoms with van der Waals surface area (Å²) in [6, 6.07) is 10.7. The van der Waals surface area contributed by atoms with Crippen molar-refractivity contribution in [3.63, 3.8) is 0 Å². The number of rotatable bonds is 5. The predicted octanol–water partition coefficient (Wildman–Crippen LogP) is 3.20. The Morgan fingerprint density at radius 3 is 2.32 bits per heavy atom. The minimum absolute atomic E-state index is 0.351. The molecular formula is C22H27F3N6O3. The van der Waals surface area contributed by atoms with Gasteiger partial charge in [0, 0.05) is 44.0 Å². The van der Waals surface area contributed by atoms with Crippen LogP contribution >= 0.6 is 0 Å². The van der Waals surface area contributed by atoms with E-state index in [9.17, 15) is 18.3 Å². The number of aliphatic hydroxyl groups is 1. The smallest absolute Gasteiger partial charge is 0.475 e. The van der Waals surface area contributed by atoms with Crippen molar-refractivity contribution in [3.05, 3.63) is 54.0 Å². The van der Waals surface area contributed by atoms with E-state index in [-0.39, 0.29) is 0 Å². The maximum atomic E-state index is 10.6. The number of hydrogen-bond acceptors (Lipinski definition) is 6. The van der Waals surface area contributed by atoms with Crippen LogP contribution in [0.5, 0.6) is 0 Å². The Morgan fingerprint density at radius 2 is 1.79 bits per heavy atom. The molecule has 1 aromatic carbocycles. The van der Waals surface area contributed by atoms with Gasteiger partial charge in [0.1, 0.15) is 5.69 Å². The molecule has 184 valence electrons. The minimum Gasteiger partial charge on any atom is -0.475 e. The van der Waals surface area contributed by atoms with Crippen LogP contribution in [0, 0.1) is 0 Å². The second kappa shape index (κ2) is 10.8. The number of aliphatic carboxylic acids is 1. The first kappa shape index (κ1) is 25.4. The Balaban J connectivity index is 0.000000406. The standard InChI is InChI=1S/C20H26N6O.C2HF3O2/c1-15(27)19-14-26(23-21-19)18-8-10-25(11-9-18)13-17-12-24(2)22-20(17)16-6-4-3-5-7-16;3-2(4,5)1(6)7/h3-7,12,14-15,18,27H,8-11,13H2,1-2H3;(H,6,7). The van der Waals surface area contributed by atoms with Crippen LogP contribution in [0.15, 0.2) is 42.7 Å². The van der Waals surface area contributed by atoms with Crippen molar-refractivity contribution in [3.8, 4) is 11.3 Å². The van der Waals surface area contributed by atoms with Gasteiger partial charge >= 0.3 is 12.1 Å². The summed E-state index contributed by atoms with van der Waals surface area (Å²) in [6.45, 7) is 4.64. The third-order valence-electron chi connectivity index (χ3n) is 5.48. The fourth-order valence-electron chi connectivity index (χ4n) is 3.74. The quantitative estimate of drug-likeness (QED) is 0.577. The van der Waals surface area contributed by atoms with E-state index < -0.39 is 18.2 Å². The fourth-order valence-corrected chi connectivity index (χ4v) is 3.74. The maximum Gasteiger partial charge on any atom is 0.490 e. The van der Waals surface area contributed by atoms with Gasteiger partial charge in [0.05, 0.1) is 24.0 Å². The molecule has 2 aromatic heterocycles. The van der Waals surface area contributed by atoms with Gasteiger partial charge in [0.25, 0.3) is 0 Å². The minimum atomic E-state index is -5.08. The number of aliphatic hydroxyl groups excluding tert-OH is 1. The molecule has 12 heteroatoms. The molecule has 34 heavy (non-hydrogen) atoms. The number of piperidine rings is 1. The highest BCUT2D eigenvalue weighted by Crippen LogP contribution is 2.27. The SMILES string of the molecule is CC(O)c1cn(C2CCN(Cc3cn(C)nc3-c3ccccc3)CC2)nn1.O=C(O)C(F)(F)F. The van der Waals surface area contributed by atoms with Gasteiger partial charge < -0.3 is 10.2 Å². The zero-order valence-electron chi connectivity index (χ0n) is 18.9. The lowest BCUT2D eigenvalue weighted by Crippen LogP contribution is -2.34. The molecule has 0 saturated carbocycles. The van der Waals surface area contributed by atoms with Crippen molar-refractivity contribution >= 4 is 5.97 Å². The molecule has 1 unspecified atom stereocenters. The molecule has 4 rings (SSSR count). The van der Waals surface area contributed by atoms with E-state index >= 15 is 0 Å². The Kier molecular flexibility index (Phi) is 8.05. The number of aromatic nitrogens is 5. The summed E-state index contributed by atoms with van der Waals surface area (Å²) in [5.41, 5.74) is 4.13. The van der Waals surface area contributed by atoms with Crippen molar-refractivity contribution in [1.82, 2.24) is 29.7 Å². The molecule has 0 bridgehead atoms. The van der Waals surface area contributed by atoms with Crippen molar-refractivity contribution in [2.24, 2.45) is 7.05 Å². The summed E-state index contributed by atoms with van der Waals surface area (Å²) in [5, 5.41) is 29.7. The van der Waals surface area contributed by atoms with E-state index in [0.29, 0.717) is 11.7 Å². The first-order valence-corrected chi connectivity index (χ1v) is 10.7. The number of hydrogen-bond donors (Lipinski definition) is 2. The Bertz CT molecular complexity index is 1070. The van der Waals surface area contributed by atoms with Crippen molar-refractivity contribution in [2.45, 2.75) is 44.6 Å². The van der Waals surface area contributed by atoms with Crippen molar-refractivity contribution in [1.29, 1.82) is 0 Å². The van der Waals surface area contributed by atoms with Crippen LogP contribution in [-0.2, 0) is 18.4 Å². The van der Waals surface area contributed by atoms with Crippen LogP contribution in [0.3, 0.4) is 0 Å². The average molecular weight is 480 g/mol. The van der Waals surface area contributed by atoms with Crippen LogP contribution in [0.2, 0.25) is 0 Å². The lowest BCUT2D eigenvalue weighted by Gasteiger charge is -2.31. The van der Waals surface area contributed by atoms with Gasteiger partial charge in [-0.05, 0) is 19.8 Å². The summed E-state index contributed by atoms with van der Waals surface area (Å²) in [5.74, 6) is -2.76. The summed E-state index contributed by atoms with van der Waals surface area (Å²) < 4.78 is 35.6. The van der Waals surface area contributed by atoms with E-state index in [4.69, 9.17) is 9.90 Å². The lowest BCUT2D eigenvalue weighted by molar-refractivity contribution is -0.192. The molecule has 3 heterocycles.